The normalized spacial score (nSPS) is 14.2. The van der Waals surface area contributed by atoms with Gasteiger partial charge in [-0.2, -0.15) is 0 Å². The highest BCUT2D eigenvalue weighted by Crippen LogP contribution is 2.37. The number of aromatic nitrogens is 1. The minimum Gasteiger partial charge on any atom is -0.495 e. The monoisotopic (exact) mass is 492 g/mol. The van der Waals surface area contributed by atoms with Gasteiger partial charge < -0.3 is 10.1 Å². The van der Waals surface area contributed by atoms with E-state index < -0.39 is 6.04 Å². The first-order valence-electron chi connectivity index (χ1n) is 11.8. The van der Waals surface area contributed by atoms with Crippen molar-refractivity contribution in [1.82, 2.24) is 4.57 Å². The van der Waals surface area contributed by atoms with E-state index in [2.05, 4.69) is 5.32 Å². The van der Waals surface area contributed by atoms with Crippen molar-refractivity contribution in [3.8, 4) is 16.9 Å². The number of aryl methyl sites for hydroxylation is 1. The Hall–Kier alpha value is -3.38. The summed E-state index contributed by atoms with van der Waals surface area (Å²) in [5, 5.41) is 3.40. The smallest absolute Gasteiger partial charge is 0.252 e. The summed E-state index contributed by atoms with van der Waals surface area (Å²) in [4.78, 5) is 39.0. The van der Waals surface area contributed by atoms with Gasteiger partial charge in [0, 0.05) is 27.9 Å². The number of hydrogen-bond donors (Lipinski definition) is 1. The van der Waals surface area contributed by atoms with Gasteiger partial charge in [0.1, 0.15) is 11.8 Å². The van der Waals surface area contributed by atoms with Gasteiger partial charge in [-0.05, 0) is 62.1 Å². The molecule has 2 aromatic carbocycles. The van der Waals surface area contributed by atoms with Gasteiger partial charge in [-0.25, -0.2) is 0 Å². The van der Waals surface area contributed by atoms with Crippen LogP contribution >= 0.6 is 11.6 Å². The van der Waals surface area contributed by atoms with Crippen LogP contribution in [-0.2, 0) is 4.79 Å². The van der Waals surface area contributed by atoms with Crippen molar-refractivity contribution in [3.63, 3.8) is 0 Å². The van der Waals surface area contributed by atoms with Gasteiger partial charge in [0.05, 0.1) is 13.3 Å². The lowest BCUT2D eigenvalue weighted by atomic mass is 9.80. The zero-order valence-electron chi connectivity index (χ0n) is 20.1. The second-order valence-corrected chi connectivity index (χ2v) is 9.59. The number of benzene rings is 2. The molecular weight excluding hydrogens is 464 g/mol. The standard InChI is InChI=1S/C28H29ClN2O4/c1-17-7-10-21(11-8-17)30-28(34)25(13-19-5-4-6-19)31-16-26(35-3)24(15-27(31)33)23-14-20(29)9-12-22(23)18(2)32/h7-12,14-16,19,25H,4-6,13H2,1-3H3,(H,30,34). The molecule has 1 N–H and O–H groups in total. The third-order valence-electron chi connectivity index (χ3n) is 6.65. The fourth-order valence-corrected chi connectivity index (χ4v) is 4.62. The maximum atomic E-state index is 13.4. The maximum Gasteiger partial charge on any atom is 0.252 e. The average Bonchev–Trinajstić information content (AvgIpc) is 2.80. The molecule has 1 aliphatic carbocycles. The molecule has 1 aliphatic rings. The molecule has 6 nitrogen and oxygen atoms in total. The Balaban J connectivity index is 1.76. The van der Waals surface area contributed by atoms with Crippen LogP contribution in [0.1, 0.15) is 54.6 Å². The average molecular weight is 493 g/mol. The van der Waals surface area contributed by atoms with E-state index in [1.807, 2.05) is 31.2 Å². The lowest BCUT2D eigenvalue weighted by Gasteiger charge is -2.30. The van der Waals surface area contributed by atoms with Crippen LogP contribution in [0.5, 0.6) is 5.75 Å². The molecule has 0 saturated heterocycles. The van der Waals surface area contributed by atoms with E-state index in [-0.39, 0.29) is 17.2 Å². The Bertz CT molecular complexity index is 1310. The number of halogens is 1. The largest absolute Gasteiger partial charge is 0.495 e. The number of Topliss-reactive ketones (excluding diaryl/α,β-unsaturated/α-hetero) is 1. The highest BCUT2D eigenvalue weighted by atomic mass is 35.5. The van der Waals surface area contributed by atoms with E-state index in [1.165, 1.54) is 24.7 Å². The summed E-state index contributed by atoms with van der Waals surface area (Å²) in [5.74, 6) is 0.378. The van der Waals surface area contributed by atoms with E-state index in [1.54, 1.807) is 24.4 Å². The molecule has 3 aromatic rings. The third kappa shape index (κ3) is 5.49. The molecule has 182 valence electrons. The predicted octanol–water partition coefficient (Wildman–Crippen LogP) is 6.06. The topological polar surface area (TPSA) is 77.4 Å². The number of ether oxygens (including phenoxy) is 1. The van der Waals surface area contributed by atoms with Gasteiger partial charge in [0.15, 0.2) is 5.78 Å². The molecule has 0 radical (unpaired) electrons. The summed E-state index contributed by atoms with van der Waals surface area (Å²) in [6.07, 6.45) is 5.36. The number of anilines is 1. The molecule has 1 saturated carbocycles. The van der Waals surface area contributed by atoms with Crippen molar-refractivity contribution in [2.75, 3.05) is 12.4 Å². The first kappa shape index (κ1) is 24.7. The molecule has 0 bridgehead atoms. The fraction of sp³-hybridized carbons (Fsp3) is 0.321. The maximum absolute atomic E-state index is 13.4. The Labute approximate surface area is 209 Å². The highest BCUT2D eigenvalue weighted by Gasteiger charge is 2.30. The molecule has 1 heterocycles. The highest BCUT2D eigenvalue weighted by molar-refractivity contribution is 6.31. The summed E-state index contributed by atoms with van der Waals surface area (Å²) in [7, 11) is 1.50. The van der Waals surface area contributed by atoms with E-state index >= 15 is 0 Å². The SMILES string of the molecule is COc1cn(C(CC2CCC2)C(=O)Nc2ccc(C)cc2)c(=O)cc1-c1cc(Cl)ccc1C(C)=O. The number of rotatable bonds is 8. The molecule has 1 atom stereocenters. The van der Waals surface area contributed by atoms with Crippen molar-refractivity contribution in [2.45, 2.75) is 45.6 Å². The van der Waals surface area contributed by atoms with Crippen LogP contribution in [0.4, 0.5) is 5.69 Å². The lowest BCUT2D eigenvalue weighted by molar-refractivity contribution is -0.120. The summed E-state index contributed by atoms with van der Waals surface area (Å²) in [6.45, 7) is 3.44. The van der Waals surface area contributed by atoms with E-state index in [0.717, 1.165) is 24.8 Å². The number of carbonyl (C=O) groups excluding carboxylic acids is 2. The lowest BCUT2D eigenvalue weighted by Crippen LogP contribution is -2.35. The number of amides is 1. The van der Waals surface area contributed by atoms with Gasteiger partial charge in [0.2, 0.25) is 5.91 Å². The Morgan fingerprint density at radius 1 is 1.11 bits per heavy atom. The molecule has 0 aliphatic heterocycles. The Morgan fingerprint density at radius 3 is 2.43 bits per heavy atom. The minimum atomic E-state index is -0.691. The first-order chi connectivity index (χ1) is 16.8. The fourth-order valence-electron chi connectivity index (χ4n) is 4.45. The molecular formula is C28H29ClN2O4. The number of nitrogens with zero attached hydrogens (tertiary/aromatic N) is 1. The van der Waals surface area contributed by atoms with Crippen LogP contribution < -0.4 is 15.6 Å². The Kier molecular flexibility index (Phi) is 7.41. The van der Waals surface area contributed by atoms with Gasteiger partial charge in [0.25, 0.3) is 5.56 Å². The molecule has 7 heteroatoms. The number of pyridine rings is 1. The van der Waals surface area contributed by atoms with Crippen LogP contribution in [-0.4, -0.2) is 23.4 Å². The Morgan fingerprint density at radius 2 is 1.83 bits per heavy atom. The van der Waals surface area contributed by atoms with Crippen LogP contribution in [0.25, 0.3) is 11.1 Å². The number of methoxy groups -OCH3 is 1. The molecule has 1 amide bonds. The molecule has 0 spiro atoms. The number of hydrogen-bond acceptors (Lipinski definition) is 4. The third-order valence-corrected chi connectivity index (χ3v) is 6.89. The summed E-state index contributed by atoms with van der Waals surface area (Å²) in [5.41, 5.74) is 2.84. The minimum absolute atomic E-state index is 0.150. The zero-order valence-corrected chi connectivity index (χ0v) is 20.9. The van der Waals surface area contributed by atoms with Crippen molar-refractivity contribution >= 4 is 29.0 Å². The van der Waals surface area contributed by atoms with E-state index in [4.69, 9.17) is 16.3 Å². The second kappa shape index (κ2) is 10.5. The van der Waals surface area contributed by atoms with Crippen molar-refractivity contribution in [2.24, 2.45) is 5.92 Å². The van der Waals surface area contributed by atoms with Gasteiger partial charge in [-0.15, -0.1) is 0 Å². The molecule has 1 aromatic heterocycles. The summed E-state index contributed by atoms with van der Waals surface area (Å²) in [6, 6.07) is 13.2. The molecule has 1 unspecified atom stereocenters. The van der Waals surface area contributed by atoms with Crippen molar-refractivity contribution in [3.05, 3.63) is 81.2 Å². The quantitative estimate of drug-likeness (QED) is 0.388. The number of ketones is 1. The van der Waals surface area contributed by atoms with E-state index in [9.17, 15) is 14.4 Å². The van der Waals surface area contributed by atoms with Crippen LogP contribution in [0.2, 0.25) is 5.02 Å². The molecule has 4 rings (SSSR count). The predicted molar refractivity (Wildman–Crippen MR) is 139 cm³/mol. The van der Waals surface area contributed by atoms with E-state index in [0.29, 0.717) is 45.5 Å². The van der Waals surface area contributed by atoms with Crippen molar-refractivity contribution < 1.29 is 14.3 Å². The van der Waals surface area contributed by atoms with Gasteiger partial charge in [-0.3, -0.25) is 19.0 Å². The first-order valence-corrected chi connectivity index (χ1v) is 12.1. The zero-order chi connectivity index (χ0) is 25.1. The molecule has 35 heavy (non-hydrogen) atoms. The number of carbonyl (C=O) groups is 2. The summed E-state index contributed by atoms with van der Waals surface area (Å²) < 4.78 is 7.08. The molecule has 1 fully saturated rings. The van der Waals surface area contributed by atoms with Crippen LogP contribution in [0.15, 0.2) is 59.5 Å². The van der Waals surface area contributed by atoms with Crippen LogP contribution in [0, 0.1) is 12.8 Å². The van der Waals surface area contributed by atoms with Gasteiger partial charge in [-0.1, -0.05) is 48.6 Å². The second-order valence-electron chi connectivity index (χ2n) is 9.15. The van der Waals surface area contributed by atoms with Crippen LogP contribution in [0.3, 0.4) is 0 Å². The summed E-state index contributed by atoms with van der Waals surface area (Å²) >= 11 is 6.21. The van der Waals surface area contributed by atoms with Gasteiger partial charge >= 0.3 is 0 Å². The van der Waals surface area contributed by atoms with Crippen molar-refractivity contribution in [1.29, 1.82) is 0 Å². The number of nitrogens with one attached hydrogen (secondary N) is 1.